The Morgan fingerprint density at radius 2 is 0.701 bits per heavy atom. The maximum atomic E-state index is 14.5. The topological polar surface area (TPSA) is 888 Å². The van der Waals surface area contributed by atoms with E-state index in [2.05, 4.69) is 95.7 Å². The van der Waals surface area contributed by atoms with E-state index in [4.69, 9.17) is 28.3 Å². The Morgan fingerprint density at radius 3 is 1.15 bits per heavy atom. The number of unbranched alkanes of at least 4 members (excludes halogenated alkanes) is 1. The van der Waals surface area contributed by atoms with Gasteiger partial charge in [0.2, 0.25) is 118 Å². The van der Waals surface area contributed by atoms with Crippen LogP contribution in [-0.2, 0) is 105 Å². The van der Waals surface area contributed by atoms with Crippen molar-refractivity contribution in [1.29, 1.82) is 5.41 Å². The van der Waals surface area contributed by atoms with Crippen molar-refractivity contribution in [1.82, 2.24) is 106 Å². The Bertz CT molecular complexity index is 4390. The summed E-state index contributed by atoms with van der Waals surface area (Å²) in [6.07, 6.45) is -9.52. The quantitative estimate of drug-likeness (QED) is 0.0153. The number of aliphatic hydroxyl groups excluding tert-OH is 6. The number of aliphatic carboxylic acids is 2. The lowest BCUT2D eigenvalue weighted by Gasteiger charge is -2.32. The molecule has 2 heterocycles. The highest BCUT2D eigenvalue weighted by atomic mass is 16.4. The standard InChI is InChI=1S/C89H155N25O30/c1-40(2)33-54(102-74(129)51(22-18-30-95-89(93)94)99-62(123)37-96-61(122)36-97-73(128)57(39-115)105-76(131)53(26-28-64(125)126)100-75(130)52(21-16-17-29-90)101-82(137)65(43(7)8)108-85(140)68(46(12)117)109-72(127)50(91)25-27-60(92)121)77(132)107-66(44(9)10)83(138)111-70(48(14)119)87(142)113-31-19-23-58(113)80(135)98-38-63(124)106-69(47(13)118)86(141)114-32-20-24-59(114)81(136)103-55(34-41(3)4)78(133)110-67(45(11)116)84(139)104-56(35-42(5)6)79(134)112-71(49(15)120)88(143)144/h40-59,65-71,115-120H,16-39,90-91H2,1-15H3,(H2,92,121)(H,96,122)(H,97,128)(H,98,135)(H,99,123)(H,100,130)(H,101,137)(H,102,129)(H,103,136)(H,104,139)(H,105,131)(H,106,124)(H,107,132)(H,108,140)(H,109,127)(H,110,133)(H,111,138)(H,112,134)(H,125,126)(H,143,144)(H4,93,94,95)/t45-,46-,47-,48-,49-,50+,51+,52+,53+,54+,55+,56+,57+,58+,59+,65+,66+,67+,68+,69+,70+,71+/m1/s1. The number of carbonyl (C=O) groups is 22. The average molecular weight is 2060 g/mol. The largest absolute Gasteiger partial charge is 0.481 e. The molecule has 2 fully saturated rings. The number of primary amides is 1. The third-order valence-corrected chi connectivity index (χ3v) is 23.1. The van der Waals surface area contributed by atoms with Crippen molar-refractivity contribution < 1.29 is 146 Å². The van der Waals surface area contributed by atoms with E-state index in [-0.39, 0.29) is 127 Å². The number of carbonyl (C=O) groups excluding carboxylic acids is 20. The zero-order chi connectivity index (χ0) is 110. The second-order valence-electron chi connectivity index (χ2n) is 38.0. The molecular weight excluding hydrogens is 1900 g/mol. The minimum atomic E-state index is -1.90. The fourth-order valence-corrected chi connectivity index (χ4v) is 15.2. The molecule has 0 aliphatic carbocycles. The average Bonchev–Trinajstić information content (AvgIpc) is 1.67. The van der Waals surface area contributed by atoms with E-state index >= 15 is 0 Å². The van der Waals surface area contributed by atoms with Crippen molar-refractivity contribution in [2.75, 3.05) is 52.4 Å². The van der Waals surface area contributed by atoms with Gasteiger partial charge in [-0.15, -0.1) is 0 Å². The number of rotatable bonds is 65. The molecule has 55 nitrogen and oxygen atoms in total. The Balaban J connectivity index is 2.27. The monoisotopic (exact) mass is 2050 g/mol. The lowest BCUT2D eigenvalue weighted by molar-refractivity contribution is -0.145. The first-order valence-corrected chi connectivity index (χ1v) is 48.1. The summed E-state index contributed by atoms with van der Waals surface area (Å²) in [7, 11) is 0. The molecule has 2 rings (SSSR count). The van der Waals surface area contributed by atoms with E-state index in [9.17, 15) is 146 Å². The maximum Gasteiger partial charge on any atom is 0.328 e. The highest BCUT2D eigenvalue weighted by molar-refractivity contribution is 6.02. The van der Waals surface area contributed by atoms with Gasteiger partial charge < -0.3 is 169 Å². The van der Waals surface area contributed by atoms with Gasteiger partial charge in [0, 0.05) is 32.5 Å². The van der Waals surface area contributed by atoms with Crippen molar-refractivity contribution in [3.63, 3.8) is 0 Å². The van der Waals surface area contributed by atoms with Crippen LogP contribution in [0.4, 0.5) is 0 Å². The molecule has 2 aliphatic heterocycles. The molecule has 2 aliphatic rings. The van der Waals surface area contributed by atoms with Gasteiger partial charge >= 0.3 is 11.9 Å². The van der Waals surface area contributed by atoms with Gasteiger partial charge in [0.25, 0.3) is 0 Å². The lowest BCUT2D eigenvalue weighted by atomic mass is 9.98. The Labute approximate surface area is 834 Å². The summed E-state index contributed by atoms with van der Waals surface area (Å²) in [5.41, 5.74) is 22.2. The van der Waals surface area contributed by atoms with Crippen LogP contribution in [0.2, 0.25) is 0 Å². The number of aliphatic hydroxyl groups is 6. The molecule has 20 amide bonds. The summed E-state index contributed by atoms with van der Waals surface area (Å²) >= 11 is 0. The maximum absolute atomic E-state index is 14.5. The Kier molecular flexibility index (Phi) is 56.1. The molecule has 0 unspecified atom stereocenters. The summed E-state index contributed by atoms with van der Waals surface area (Å²) in [6, 6.07) is -26.7. The Hall–Kier alpha value is -12.7. The first-order chi connectivity index (χ1) is 67.2. The molecule has 2 saturated heterocycles. The van der Waals surface area contributed by atoms with Crippen molar-refractivity contribution in [2.24, 2.45) is 52.5 Å². The number of nitrogens with one attached hydrogen (secondary N) is 19. The molecule has 22 atom stereocenters. The molecular formula is C89H155N25O30. The SMILES string of the molecule is CC(C)C[C@H](NC(=O)[C@H](CCCNC(=N)N)NC(=O)CNC(=O)CNC(=O)[C@H](CO)NC(=O)[C@H](CCC(=O)O)NC(=O)[C@H](CCCCN)NC(=O)[C@@H](NC(=O)[C@@H](NC(=O)[C@@H](N)CCC(N)=O)[C@@H](C)O)C(C)C)C(=O)N[C@H](C(=O)N[C@H](C(=O)N1CCC[C@H]1C(=O)NCC(=O)N[C@H](C(=O)N1CCC[C@H]1C(=O)N[C@@H](CC(C)C)C(=O)N[C@H](C(=O)N[C@@H](CC(C)C)C(=O)N[C@H](C(=O)O)[C@@H](C)O)[C@@H](C)O)[C@@H](C)O)[C@@H](C)O)C(C)C. The van der Waals surface area contributed by atoms with Gasteiger partial charge in [-0.05, 0) is 161 Å². The molecule has 144 heavy (non-hydrogen) atoms. The van der Waals surface area contributed by atoms with E-state index < -0.39 is 320 Å². The van der Waals surface area contributed by atoms with E-state index in [1.54, 1.807) is 41.5 Å². The summed E-state index contributed by atoms with van der Waals surface area (Å²) in [4.78, 5) is 301. The second-order valence-corrected chi connectivity index (χ2v) is 38.0. The first-order valence-electron chi connectivity index (χ1n) is 48.1. The van der Waals surface area contributed by atoms with Gasteiger partial charge in [0.1, 0.15) is 90.6 Å². The van der Waals surface area contributed by atoms with Crippen molar-refractivity contribution >= 4 is 136 Å². The molecule has 0 aromatic heterocycles. The van der Waals surface area contributed by atoms with Crippen LogP contribution in [-0.4, -0.2) is 372 Å². The molecule has 35 N–H and O–H groups in total. The predicted molar refractivity (Wildman–Crippen MR) is 512 cm³/mol. The number of nitrogens with zero attached hydrogens (tertiary/aromatic N) is 2. The number of guanidine groups is 1. The van der Waals surface area contributed by atoms with Crippen molar-refractivity contribution in [2.45, 2.75) is 340 Å². The smallest absolute Gasteiger partial charge is 0.328 e. The first kappa shape index (κ1) is 127. The molecule has 0 radical (unpaired) electrons. The Morgan fingerprint density at radius 1 is 0.347 bits per heavy atom. The number of amides is 20. The zero-order valence-corrected chi connectivity index (χ0v) is 84.3. The van der Waals surface area contributed by atoms with Crippen LogP contribution in [0, 0.1) is 35.0 Å². The van der Waals surface area contributed by atoms with Crippen LogP contribution in [0.5, 0.6) is 0 Å². The fourth-order valence-electron chi connectivity index (χ4n) is 15.2. The van der Waals surface area contributed by atoms with E-state index in [0.29, 0.717) is 6.42 Å². The van der Waals surface area contributed by atoms with Crippen LogP contribution >= 0.6 is 0 Å². The third kappa shape index (κ3) is 44.7. The summed E-state index contributed by atoms with van der Waals surface area (Å²) in [5, 5.41) is 134. The molecule has 0 bridgehead atoms. The normalized spacial score (nSPS) is 17.7. The van der Waals surface area contributed by atoms with Gasteiger partial charge in [-0.1, -0.05) is 69.2 Å². The lowest BCUT2D eigenvalue weighted by Crippen LogP contribution is -2.62. The van der Waals surface area contributed by atoms with Crippen LogP contribution in [0.3, 0.4) is 0 Å². The van der Waals surface area contributed by atoms with Crippen LogP contribution in [0.25, 0.3) is 0 Å². The van der Waals surface area contributed by atoms with E-state index in [1.165, 1.54) is 41.5 Å². The number of carboxylic acids is 2. The van der Waals surface area contributed by atoms with Crippen molar-refractivity contribution in [3.05, 3.63) is 0 Å². The fraction of sp³-hybridized carbons (Fsp3) is 0.742. The van der Waals surface area contributed by atoms with Crippen molar-refractivity contribution in [3.8, 4) is 0 Å². The predicted octanol–water partition coefficient (Wildman–Crippen LogP) is -11.6. The van der Waals surface area contributed by atoms with Crippen LogP contribution < -0.4 is 119 Å². The minimum Gasteiger partial charge on any atom is -0.481 e. The molecule has 55 heteroatoms. The molecule has 816 valence electrons. The van der Waals surface area contributed by atoms with Crippen LogP contribution in [0.15, 0.2) is 0 Å². The summed E-state index contributed by atoms with van der Waals surface area (Å²) in [5.74, 6) is -26.0. The molecule has 0 aromatic rings. The minimum absolute atomic E-state index is 0.00130. The van der Waals surface area contributed by atoms with Gasteiger partial charge in [-0.3, -0.25) is 106 Å². The number of hydrogen-bond acceptors (Lipinski definition) is 31. The summed E-state index contributed by atoms with van der Waals surface area (Å²) in [6.45, 7) is 18.1. The van der Waals surface area contributed by atoms with Gasteiger partial charge in [0.15, 0.2) is 12.0 Å². The number of nitrogens with two attached hydrogens (primary N) is 4. The zero-order valence-electron chi connectivity index (χ0n) is 84.3. The van der Waals surface area contributed by atoms with Gasteiger partial charge in [0.05, 0.1) is 62.8 Å². The number of likely N-dealkylation sites (tertiary alicyclic amines) is 2. The third-order valence-electron chi connectivity index (χ3n) is 23.1. The van der Waals surface area contributed by atoms with Gasteiger partial charge in [-0.2, -0.15) is 0 Å². The molecule has 0 aromatic carbocycles. The van der Waals surface area contributed by atoms with E-state index in [0.717, 1.165) is 30.6 Å². The number of carboxylic acid groups (broad SMARTS) is 2. The van der Waals surface area contributed by atoms with Crippen LogP contribution in [0.1, 0.15) is 207 Å². The number of hydrogen-bond donors (Lipinski definition) is 31. The highest BCUT2D eigenvalue weighted by Crippen LogP contribution is 2.24. The summed E-state index contributed by atoms with van der Waals surface area (Å²) < 4.78 is 0. The van der Waals surface area contributed by atoms with E-state index in [1.807, 2.05) is 0 Å². The molecule has 0 spiro atoms. The molecule has 0 saturated carbocycles. The second kappa shape index (κ2) is 63.4. The highest BCUT2D eigenvalue weighted by Gasteiger charge is 2.46. The van der Waals surface area contributed by atoms with Gasteiger partial charge in [-0.25, -0.2) is 4.79 Å².